The number of hydrogen-bond acceptors (Lipinski definition) is 3. The van der Waals surface area contributed by atoms with E-state index < -0.39 is 0 Å². The summed E-state index contributed by atoms with van der Waals surface area (Å²) in [5.74, 6) is 0.148. The van der Waals surface area contributed by atoms with Crippen LogP contribution >= 0.6 is 0 Å². The lowest BCUT2D eigenvalue weighted by molar-refractivity contribution is -0.128. The standard InChI is InChI=1S/C10H22N2O2/c1-8(9(2)14-5)11-7-6-10(13)12(3)4/h8-9,11H,6-7H2,1-5H3. The third-order valence-electron chi connectivity index (χ3n) is 2.38. The van der Waals surface area contributed by atoms with Crippen molar-refractivity contribution in [1.82, 2.24) is 10.2 Å². The highest BCUT2D eigenvalue weighted by atomic mass is 16.5. The van der Waals surface area contributed by atoms with Gasteiger partial charge in [-0.25, -0.2) is 0 Å². The number of methoxy groups -OCH3 is 1. The minimum absolute atomic E-state index is 0.148. The molecule has 0 radical (unpaired) electrons. The first-order valence-electron chi connectivity index (χ1n) is 4.95. The summed E-state index contributed by atoms with van der Waals surface area (Å²) in [6.07, 6.45) is 0.706. The van der Waals surface area contributed by atoms with E-state index in [-0.39, 0.29) is 18.1 Å². The summed E-state index contributed by atoms with van der Waals surface area (Å²) in [5, 5.41) is 3.25. The molecule has 2 atom stereocenters. The third kappa shape index (κ3) is 5.19. The normalized spacial score (nSPS) is 14.9. The van der Waals surface area contributed by atoms with Crippen LogP contribution in [0, 0.1) is 0 Å². The van der Waals surface area contributed by atoms with E-state index in [1.807, 2.05) is 13.8 Å². The van der Waals surface area contributed by atoms with Gasteiger partial charge in [0.15, 0.2) is 0 Å². The average molecular weight is 202 g/mol. The molecule has 0 bridgehead atoms. The van der Waals surface area contributed by atoms with Crippen LogP contribution in [0.3, 0.4) is 0 Å². The van der Waals surface area contributed by atoms with Gasteiger partial charge in [0.1, 0.15) is 0 Å². The van der Waals surface area contributed by atoms with Gasteiger partial charge >= 0.3 is 0 Å². The summed E-state index contributed by atoms with van der Waals surface area (Å²) in [6.45, 7) is 4.76. The van der Waals surface area contributed by atoms with E-state index in [4.69, 9.17) is 4.74 Å². The molecule has 0 fully saturated rings. The first kappa shape index (κ1) is 13.4. The molecule has 0 rings (SSSR count). The van der Waals surface area contributed by atoms with Crippen molar-refractivity contribution in [3.05, 3.63) is 0 Å². The Balaban J connectivity index is 3.59. The van der Waals surface area contributed by atoms with Crippen LogP contribution in [-0.2, 0) is 9.53 Å². The van der Waals surface area contributed by atoms with Gasteiger partial charge in [-0.1, -0.05) is 0 Å². The Morgan fingerprint density at radius 1 is 1.43 bits per heavy atom. The third-order valence-corrected chi connectivity index (χ3v) is 2.38. The van der Waals surface area contributed by atoms with Crippen molar-refractivity contribution in [3.63, 3.8) is 0 Å². The van der Waals surface area contributed by atoms with Crippen LogP contribution in [0.2, 0.25) is 0 Å². The maximum Gasteiger partial charge on any atom is 0.223 e. The fraction of sp³-hybridized carbons (Fsp3) is 0.900. The molecule has 0 saturated carbocycles. The second-order valence-corrected chi connectivity index (χ2v) is 3.72. The summed E-state index contributed by atoms with van der Waals surface area (Å²) < 4.78 is 5.16. The van der Waals surface area contributed by atoms with Gasteiger partial charge in [-0.3, -0.25) is 4.79 Å². The molecule has 0 aliphatic heterocycles. The molecule has 0 spiro atoms. The molecule has 4 nitrogen and oxygen atoms in total. The van der Waals surface area contributed by atoms with Crippen LogP contribution in [0.5, 0.6) is 0 Å². The van der Waals surface area contributed by atoms with Gasteiger partial charge < -0.3 is 15.0 Å². The van der Waals surface area contributed by atoms with Crippen molar-refractivity contribution in [2.75, 3.05) is 27.7 Å². The van der Waals surface area contributed by atoms with Crippen molar-refractivity contribution in [3.8, 4) is 0 Å². The molecule has 1 amide bonds. The number of carbonyl (C=O) groups is 1. The Morgan fingerprint density at radius 3 is 2.43 bits per heavy atom. The van der Waals surface area contributed by atoms with Gasteiger partial charge in [-0.05, 0) is 13.8 Å². The molecule has 0 aromatic carbocycles. The van der Waals surface area contributed by atoms with E-state index in [9.17, 15) is 4.79 Å². The number of carbonyl (C=O) groups excluding carboxylic acids is 1. The molecule has 84 valence electrons. The lowest BCUT2D eigenvalue weighted by atomic mass is 10.2. The number of nitrogens with one attached hydrogen (secondary N) is 1. The Hall–Kier alpha value is -0.610. The van der Waals surface area contributed by atoms with Crippen LogP contribution in [0.25, 0.3) is 0 Å². The Labute approximate surface area is 86.6 Å². The van der Waals surface area contributed by atoms with Crippen molar-refractivity contribution in [1.29, 1.82) is 0 Å². The highest BCUT2D eigenvalue weighted by Crippen LogP contribution is 1.96. The zero-order valence-electron chi connectivity index (χ0n) is 9.83. The minimum Gasteiger partial charge on any atom is -0.380 e. The van der Waals surface area contributed by atoms with Gasteiger partial charge in [-0.2, -0.15) is 0 Å². The molecule has 0 aromatic heterocycles. The molecule has 0 aliphatic rings. The smallest absolute Gasteiger partial charge is 0.223 e. The number of nitrogens with zero attached hydrogens (tertiary/aromatic N) is 1. The summed E-state index contributed by atoms with van der Waals surface area (Å²) in [7, 11) is 5.22. The lowest BCUT2D eigenvalue weighted by Crippen LogP contribution is -2.38. The van der Waals surface area contributed by atoms with Crippen molar-refractivity contribution >= 4 is 5.91 Å². The topological polar surface area (TPSA) is 41.6 Å². The van der Waals surface area contributed by atoms with Crippen molar-refractivity contribution in [2.24, 2.45) is 0 Å². The molecule has 1 N–H and O–H groups in total. The fourth-order valence-electron chi connectivity index (χ4n) is 1.00. The molecule has 0 aromatic rings. The fourth-order valence-corrected chi connectivity index (χ4v) is 1.00. The molecule has 14 heavy (non-hydrogen) atoms. The molecule has 0 aliphatic carbocycles. The predicted octanol–water partition coefficient (Wildman–Crippen LogP) is 0.478. The van der Waals surface area contributed by atoms with Crippen LogP contribution < -0.4 is 5.32 Å². The number of ether oxygens (including phenoxy) is 1. The van der Waals surface area contributed by atoms with Crippen LogP contribution in [0.1, 0.15) is 20.3 Å². The summed E-state index contributed by atoms with van der Waals surface area (Å²) >= 11 is 0. The van der Waals surface area contributed by atoms with E-state index >= 15 is 0 Å². The average Bonchev–Trinajstić information content (AvgIpc) is 2.15. The van der Waals surface area contributed by atoms with Gasteiger partial charge in [0.05, 0.1) is 6.10 Å². The maximum absolute atomic E-state index is 11.2. The summed E-state index contributed by atoms with van der Waals surface area (Å²) in [4.78, 5) is 12.8. The summed E-state index contributed by atoms with van der Waals surface area (Å²) in [6, 6.07) is 0.273. The monoisotopic (exact) mass is 202 g/mol. The largest absolute Gasteiger partial charge is 0.380 e. The van der Waals surface area contributed by atoms with E-state index in [0.29, 0.717) is 13.0 Å². The maximum atomic E-state index is 11.2. The van der Waals surface area contributed by atoms with Gasteiger partial charge in [0.2, 0.25) is 5.91 Å². The molecule has 4 heteroatoms. The second kappa shape index (κ2) is 6.79. The van der Waals surface area contributed by atoms with Crippen LogP contribution in [-0.4, -0.2) is 50.7 Å². The molecular weight excluding hydrogens is 180 g/mol. The Morgan fingerprint density at radius 2 is 2.00 bits per heavy atom. The highest BCUT2D eigenvalue weighted by molar-refractivity contribution is 5.75. The number of amides is 1. The minimum atomic E-state index is 0.148. The zero-order chi connectivity index (χ0) is 11.1. The summed E-state index contributed by atoms with van der Waals surface area (Å²) in [5.41, 5.74) is 0. The second-order valence-electron chi connectivity index (χ2n) is 3.72. The number of hydrogen-bond donors (Lipinski definition) is 1. The molecule has 2 unspecified atom stereocenters. The highest BCUT2D eigenvalue weighted by Gasteiger charge is 2.10. The lowest BCUT2D eigenvalue weighted by Gasteiger charge is -2.20. The van der Waals surface area contributed by atoms with Crippen molar-refractivity contribution in [2.45, 2.75) is 32.4 Å². The van der Waals surface area contributed by atoms with Crippen LogP contribution in [0.4, 0.5) is 0 Å². The predicted molar refractivity (Wildman–Crippen MR) is 57.2 cm³/mol. The van der Waals surface area contributed by atoms with Gasteiger partial charge in [0, 0.05) is 40.2 Å². The van der Waals surface area contributed by atoms with E-state index in [1.165, 1.54) is 0 Å². The van der Waals surface area contributed by atoms with Gasteiger partial charge in [-0.15, -0.1) is 0 Å². The molecule has 0 saturated heterocycles. The zero-order valence-corrected chi connectivity index (χ0v) is 9.83. The first-order chi connectivity index (χ1) is 6.49. The van der Waals surface area contributed by atoms with E-state index in [0.717, 1.165) is 0 Å². The SMILES string of the molecule is COC(C)C(C)NCCC(=O)N(C)C. The Bertz CT molecular complexity index is 172. The molecule has 0 heterocycles. The first-order valence-corrected chi connectivity index (χ1v) is 4.95. The number of rotatable bonds is 6. The van der Waals surface area contributed by atoms with Crippen LogP contribution in [0.15, 0.2) is 0 Å². The van der Waals surface area contributed by atoms with E-state index in [1.54, 1.807) is 26.1 Å². The van der Waals surface area contributed by atoms with Crippen molar-refractivity contribution < 1.29 is 9.53 Å². The van der Waals surface area contributed by atoms with Gasteiger partial charge in [0.25, 0.3) is 0 Å². The Kier molecular flexibility index (Phi) is 6.49. The van der Waals surface area contributed by atoms with E-state index in [2.05, 4.69) is 5.32 Å². The molecular formula is C10H22N2O2. The quantitative estimate of drug-likeness (QED) is 0.681.